The van der Waals surface area contributed by atoms with E-state index in [9.17, 15) is 22.4 Å². The number of hydrogen-bond acceptors (Lipinski definition) is 4. The zero-order chi connectivity index (χ0) is 19.8. The fourth-order valence-corrected chi connectivity index (χ4v) is 4.93. The second kappa shape index (κ2) is 7.17. The van der Waals surface area contributed by atoms with Gasteiger partial charge in [-0.1, -0.05) is 12.1 Å². The molecule has 1 atom stereocenters. The first-order valence-corrected chi connectivity index (χ1v) is 10.1. The minimum Gasteiger partial charge on any atom is -0.323 e. The van der Waals surface area contributed by atoms with Gasteiger partial charge in [0, 0.05) is 33.6 Å². The van der Waals surface area contributed by atoms with Crippen LogP contribution in [0.15, 0.2) is 24.3 Å². The van der Waals surface area contributed by atoms with E-state index >= 15 is 0 Å². The third-order valence-electron chi connectivity index (χ3n) is 5.30. The summed E-state index contributed by atoms with van der Waals surface area (Å²) in [6.07, 6.45) is 1.08. The Labute approximate surface area is 157 Å². The molecule has 2 heterocycles. The van der Waals surface area contributed by atoms with Crippen LogP contribution >= 0.6 is 0 Å². The molecule has 0 aliphatic carbocycles. The number of carbonyl (C=O) groups excluding carboxylic acids is 2. The van der Waals surface area contributed by atoms with Crippen LogP contribution in [0.5, 0.6) is 0 Å². The van der Waals surface area contributed by atoms with Crippen molar-refractivity contribution in [1.29, 1.82) is 0 Å². The average molecular weight is 398 g/mol. The number of nitrogens with zero attached hydrogens (tertiary/aromatic N) is 2. The summed E-state index contributed by atoms with van der Waals surface area (Å²) in [6.45, 7) is 0.527. The van der Waals surface area contributed by atoms with Crippen LogP contribution in [0.25, 0.3) is 0 Å². The van der Waals surface area contributed by atoms with Crippen molar-refractivity contribution in [2.75, 3.05) is 27.2 Å². The minimum atomic E-state index is -3.52. The van der Waals surface area contributed by atoms with E-state index in [0.717, 1.165) is 9.87 Å². The lowest BCUT2D eigenvalue weighted by atomic mass is 9.74. The van der Waals surface area contributed by atoms with Crippen molar-refractivity contribution in [3.05, 3.63) is 35.6 Å². The predicted octanol–water partition coefficient (Wildman–Crippen LogP) is 0.465. The third kappa shape index (κ3) is 3.69. The zero-order valence-corrected chi connectivity index (χ0v) is 16.1. The van der Waals surface area contributed by atoms with Gasteiger partial charge in [-0.05, 0) is 36.5 Å². The monoisotopic (exact) mass is 398 g/mol. The van der Waals surface area contributed by atoms with Gasteiger partial charge in [0.25, 0.3) is 16.1 Å². The molecule has 2 aliphatic rings. The van der Waals surface area contributed by atoms with Gasteiger partial charge < -0.3 is 5.32 Å². The normalized spacial score (nSPS) is 24.9. The van der Waals surface area contributed by atoms with Crippen molar-refractivity contribution >= 4 is 22.1 Å². The molecule has 2 aliphatic heterocycles. The van der Waals surface area contributed by atoms with E-state index in [1.165, 1.54) is 30.5 Å². The molecule has 0 spiro atoms. The van der Waals surface area contributed by atoms with Gasteiger partial charge in [-0.25, -0.2) is 9.18 Å². The number of piperidine rings is 1. The summed E-state index contributed by atoms with van der Waals surface area (Å²) in [5.41, 5.74) is -0.444. The quantitative estimate of drug-likeness (QED) is 0.704. The molecule has 8 nitrogen and oxygen atoms in total. The fraction of sp³-hybridized carbons (Fsp3) is 0.529. The number of carbonyl (C=O) groups is 2. The molecule has 3 rings (SSSR count). The molecule has 10 heteroatoms. The molecule has 2 fully saturated rings. The second-order valence-corrected chi connectivity index (χ2v) is 9.29. The zero-order valence-electron chi connectivity index (χ0n) is 15.2. The summed E-state index contributed by atoms with van der Waals surface area (Å²) in [4.78, 5) is 24.5. The van der Waals surface area contributed by atoms with Crippen LogP contribution in [-0.2, 0) is 21.4 Å². The average Bonchev–Trinajstić information content (AvgIpc) is 2.91. The largest absolute Gasteiger partial charge is 0.323 e. The van der Waals surface area contributed by atoms with Gasteiger partial charge in [0.1, 0.15) is 11.4 Å². The summed E-state index contributed by atoms with van der Waals surface area (Å²) < 4.78 is 40.3. The highest BCUT2D eigenvalue weighted by atomic mass is 32.2. The highest BCUT2D eigenvalue weighted by Gasteiger charge is 2.52. The summed E-state index contributed by atoms with van der Waals surface area (Å²) in [7, 11) is -0.569. The molecule has 2 saturated heterocycles. The van der Waals surface area contributed by atoms with Gasteiger partial charge >= 0.3 is 6.03 Å². The Hall–Kier alpha value is -2.04. The number of rotatable bonds is 5. The van der Waals surface area contributed by atoms with Gasteiger partial charge in [0.15, 0.2) is 0 Å². The van der Waals surface area contributed by atoms with Gasteiger partial charge in [-0.3, -0.25) is 10.1 Å². The van der Waals surface area contributed by atoms with E-state index in [0.29, 0.717) is 12.8 Å². The number of hydrogen-bond donors (Lipinski definition) is 2. The van der Waals surface area contributed by atoms with E-state index in [-0.39, 0.29) is 31.2 Å². The van der Waals surface area contributed by atoms with Gasteiger partial charge in [0.2, 0.25) is 0 Å². The maximum absolute atomic E-state index is 13.2. The summed E-state index contributed by atoms with van der Waals surface area (Å²) in [6, 6.07) is 5.22. The Bertz CT molecular complexity index is 835. The van der Waals surface area contributed by atoms with Crippen molar-refractivity contribution in [2.45, 2.75) is 24.8 Å². The first-order chi connectivity index (χ1) is 12.6. The summed E-state index contributed by atoms with van der Waals surface area (Å²) in [5, 5.41) is 5.05. The molecular formula is C17H23FN4O4S. The van der Waals surface area contributed by atoms with Crippen LogP contribution in [0.1, 0.15) is 18.4 Å². The molecule has 1 aromatic carbocycles. The standard InChI is InChI=1S/C17H23FN4O4S/c1-21(2)27(25,26)22-9-7-13(8-10-22)17(15(23)19-16(24)20-17)11-12-3-5-14(18)6-4-12/h3-6,13H,7-11H2,1-2H3,(H2,19,20,23,24). The van der Waals surface area contributed by atoms with Crippen LogP contribution in [0.3, 0.4) is 0 Å². The SMILES string of the molecule is CN(C)S(=O)(=O)N1CCC(C2(Cc3ccc(F)cc3)NC(=O)NC2=O)CC1. The van der Waals surface area contributed by atoms with E-state index in [1.54, 1.807) is 12.1 Å². The van der Waals surface area contributed by atoms with Crippen molar-refractivity contribution in [3.63, 3.8) is 0 Å². The van der Waals surface area contributed by atoms with Gasteiger partial charge in [-0.2, -0.15) is 17.0 Å². The van der Waals surface area contributed by atoms with E-state index < -0.39 is 27.7 Å². The topological polar surface area (TPSA) is 98.8 Å². The maximum Gasteiger partial charge on any atom is 0.322 e. The summed E-state index contributed by atoms with van der Waals surface area (Å²) >= 11 is 0. The minimum absolute atomic E-state index is 0.218. The van der Waals surface area contributed by atoms with Crippen molar-refractivity contribution in [3.8, 4) is 0 Å². The van der Waals surface area contributed by atoms with Crippen molar-refractivity contribution in [2.24, 2.45) is 5.92 Å². The van der Waals surface area contributed by atoms with Crippen LogP contribution in [-0.4, -0.2) is 61.7 Å². The number of nitrogens with one attached hydrogen (secondary N) is 2. The fourth-order valence-electron chi connectivity index (χ4n) is 3.80. The lowest BCUT2D eigenvalue weighted by Gasteiger charge is -2.40. The highest BCUT2D eigenvalue weighted by molar-refractivity contribution is 7.86. The molecule has 0 bridgehead atoms. The van der Waals surface area contributed by atoms with Crippen LogP contribution in [0.4, 0.5) is 9.18 Å². The van der Waals surface area contributed by atoms with E-state index in [2.05, 4.69) is 10.6 Å². The Morgan fingerprint density at radius 3 is 2.26 bits per heavy atom. The second-order valence-electron chi connectivity index (χ2n) is 7.15. The van der Waals surface area contributed by atoms with Crippen molar-refractivity contribution < 1.29 is 22.4 Å². The Kier molecular flexibility index (Phi) is 5.24. The number of amides is 3. The van der Waals surface area contributed by atoms with Gasteiger partial charge in [0.05, 0.1) is 0 Å². The molecule has 1 aromatic rings. The number of benzene rings is 1. The van der Waals surface area contributed by atoms with Crippen molar-refractivity contribution in [1.82, 2.24) is 19.2 Å². The Balaban J connectivity index is 1.82. The lowest BCUT2D eigenvalue weighted by Crippen LogP contribution is -2.58. The van der Waals surface area contributed by atoms with E-state index in [4.69, 9.17) is 0 Å². The van der Waals surface area contributed by atoms with Crippen LogP contribution in [0, 0.1) is 11.7 Å². The molecule has 0 aromatic heterocycles. The first-order valence-electron chi connectivity index (χ1n) is 8.71. The molecule has 27 heavy (non-hydrogen) atoms. The lowest BCUT2D eigenvalue weighted by molar-refractivity contribution is -0.126. The molecular weight excluding hydrogens is 375 g/mol. The molecule has 0 saturated carbocycles. The smallest absolute Gasteiger partial charge is 0.322 e. The maximum atomic E-state index is 13.2. The predicted molar refractivity (Wildman–Crippen MR) is 96.4 cm³/mol. The molecule has 2 N–H and O–H groups in total. The number of halogens is 1. The van der Waals surface area contributed by atoms with E-state index in [1.807, 2.05) is 0 Å². The third-order valence-corrected chi connectivity index (χ3v) is 7.24. The Morgan fingerprint density at radius 1 is 1.19 bits per heavy atom. The Morgan fingerprint density at radius 2 is 1.78 bits per heavy atom. The van der Waals surface area contributed by atoms with Crippen LogP contribution in [0.2, 0.25) is 0 Å². The number of urea groups is 1. The first kappa shape index (κ1) is 19.7. The highest BCUT2D eigenvalue weighted by Crippen LogP contribution is 2.34. The van der Waals surface area contributed by atoms with Gasteiger partial charge in [-0.15, -0.1) is 0 Å². The molecule has 3 amide bonds. The molecule has 1 unspecified atom stereocenters. The summed E-state index contributed by atoms with van der Waals surface area (Å²) in [5.74, 6) is -1.04. The number of imide groups is 1. The van der Waals surface area contributed by atoms with Crippen LogP contribution < -0.4 is 10.6 Å². The molecule has 148 valence electrons. The molecule has 0 radical (unpaired) electrons.